The molecule has 0 radical (unpaired) electrons. The monoisotopic (exact) mass is 217 g/mol. The molecule has 0 aliphatic heterocycles. The molecule has 0 aliphatic rings. The van der Waals surface area contributed by atoms with E-state index in [4.69, 9.17) is 16.6 Å². The van der Waals surface area contributed by atoms with Crippen molar-refractivity contribution in [2.75, 3.05) is 6.54 Å². The molecule has 0 rings (SSSR count). The lowest BCUT2D eigenvalue weighted by atomic mass is 10.1. The molecule has 7 heteroatoms. The summed E-state index contributed by atoms with van der Waals surface area (Å²) in [7, 11) is 0. The smallest absolute Gasteiger partial charge is 0.303 e. The van der Waals surface area contributed by atoms with Gasteiger partial charge >= 0.3 is 5.97 Å². The number of carboxylic acids is 1. The molecule has 6 N–H and O–H groups in total. The third-order valence-electron chi connectivity index (χ3n) is 1.68. The maximum atomic E-state index is 11.2. The largest absolute Gasteiger partial charge is 0.481 e. The molecule has 0 aromatic rings. The zero-order valence-corrected chi connectivity index (χ0v) is 8.23. The maximum Gasteiger partial charge on any atom is 0.303 e. The van der Waals surface area contributed by atoms with Gasteiger partial charge in [-0.05, 0) is 6.42 Å². The molecule has 0 saturated heterocycles. The number of nitrogens with one attached hydrogen (secondary N) is 1. The zero-order chi connectivity index (χ0) is 11.8. The zero-order valence-electron chi connectivity index (χ0n) is 8.23. The molecule has 1 unspecified atom stereocenters. The average Bonchev–Trinajstić information content (AvgIpc) is 2.13. The van der Waals surface area contributed by atoms with Crippen LogP contribution in [0.4, 0.5) is 0 Å². The van der Waals surface area contributed by atoms with Crippen molar-refractivity contribution >= 4 is 17.8 Å². The minimum Gasteiger partial charge on any atom is -0.481 e. The summed E-state index contributed by atoms with van der Waals surface area (Å²) in [5.74, 6) is -2.00. The van der Waals surface area contributed by atoms with E-state index in [-0.39, 0.29) is 25.8 Å². The normalized spacial score (nSPS) is 11.8. The average molecular weight is 217 g/mol. The molecule has 0 fully saturated rings. The molecule has 0 aliphatic carbocycles. The van der Waals surface area contributed by atoms with Gasteiger partial charge in [0.05, 0.1) is 6.04 Å². The number of amides is 2. The van der Waals surface area contributed by atoms with Gasteiger partial charge < -0.3 is 21.9 Å². The van der Waals surface area contributed by atoms with E-state index in [1.807, 2.05) is 0 Å². The molecule has 7 nitrogen and oxygen atoms in total. The molecule has 0 bridgehead atoms. The highest BCUT2D eigenvalue weighted by molar-refractivity contribution is 5.82. The Kier molecular flexibility index (Phi) is 6.03. The molecule has 0 aromatic carbocycles. The van der Waals surface area contributed by atoms with Gasteiger partial charge in [-0.1, -0.05) is 0 Å². The molecule has 1 atom stereocenters. The Hall–Kier alpha value is -1.63. The fraction of sp³-hybridized carbons (Fsp3) is 0.625. The van der Waals surface area contributed by atoms with Crippen molar-refractivity contribution in [1.82, 2.24) is 5.32 Å². The van der Waals surface area contributed by atoms with Crippen LogP contribution < -0.4 is 16.8 Å². The van der Waals surface area contributed by atoms with Crippen molar-refractivity contribution in [1.29, 1.82) is 0 Å². The lowest BCUT2D eigenvalue weighted by Gasteiger charge is -2.10. The van der Waals surface area contributed by atoms with Crippen molar-refractivity contribution in [2.24, 2.45) is 11.5 Å². The van der Waals surface area contributed by atoms with Gasteiger partial charge in [0, 0.05) is 19.4 Å². The van der Waals surface area contributed by atoms with Crippen molar-refractivity contribution < 1.29 is 19.5 Å². The van der Waals surface area contributed by atoms with Crippen LogP contribution in [0.3, 0.4) is 0 Å². The summed E-state index contributed by atoms with van der Waals surface area (Å²) in [6.07, 6.45) is -0.0560. The summed E-state index contributed by atoms with van der Waals surface area (Å²) >= 11 is 0. The summed E-state index contributed by atoms with van der Waals surface area (Å²) in [4.78, 5) is 31.7. The molecular formula is C8H15N3O4. The molecule has 0 saturated carbocycles. The van der Waals surface area contributed by atoms with Crippen LogP contribution in [-0.2, 0) is 14.4 Å². The number of rotatable bonds is 7. The third kappa shape index (κ3) is 7.44. The van der Waals surface area contributed by atoms with Gasteiger partial charge in [0.2, 0.25) is 11.8 Å². The van der Waals surface area contributed by atoms with Crippen LogP contribution >= 0.6 is 0 Å². The van der Waals surface area contributed by atoms with Crippen LogP contribution in [0.25, 0.3) is 0 Å². The number of carbonyl (C=O) groups is 3. The summed E-state index contributed by atoms with van der Waals surface area (Å²) in [6.45, 7) is 0.120. The van der Waals surface area contributed by atoms with Crippen LogP contribution in [0.2, 0.25) is 0 Å². The Morgan fingerprint density at radius 1 is 1.27 bits per heavy atom. The van der Waals surface area contributed by atoms with Gasteiger partial charge in [-0.15, -0.1) is 0 Å². The fourth-order valence-electron chi connectivity index (χ4n) is 0.850. The Labute approximate surface area is 86.8 Å². The second kappa shape index (κ2) is 6.77. The number of carboxylic acid groups (broad SMARTS) is 1. The van der Waals surface area contributed by atoms with Gasteiger partial charge in [0.25, 0.3) is 0 Å². The lowest BCUT2D eigenvalue weighted by molar-refractivity contribution is -0.137. The number of aliphatic carboxylic acids is 1. The molecule has 0 heterocycles. The highest BCUT2D eigenvalue weighted by Crippen LogP contribution is 1.94. The van der Waals surface area contributed by atoms with E-state index >= 15 is 0 Å². The van der Waals surface area contributed by atoms with Crippen LogP contribution in [0.1, 0.15) is 19.3 Å². The second-order valence-corrected chi connectivity index (χ2v) is 3.05. The van der Waals surface area contributed by atoms with Crippen LogP contribution in [0.15, 0.2) is 0 Å². The van der Waals surface area contributed by atoms with E-state index in [2.05, 4.69) is 5.32 Å². The van der Waals surface area contributed by atoms with E-state index in [0.29, 0.717) is 0 Å². The number of nitrogens with two attached hydrogens (primary N) is 2. The van der Waals surface area contributed by atoms with Gasteiger partial charge in [-0.2, -0.15) is 0 Å². The van der Waals surface area contributed by atoms with Gasteiger partial charge in [-0.3, -0.25) is 14.4 Å². The van der Waals surface area contributed by atoms with Crippen LogP contribution in [0, 0.1) is 0 Å². The van der Waals surface area contributed by atoms with Crippen molar-refractivity contribution in [3.8, 4) is 0 Å². The molecule has 86 valence electrons. The molecule has 2 amide bonds. The Bertz CT molecular complexity index is 254. The Morgan fingerprint density at radius 2 is 1.87 bits per heavy atom. The highest BCUT2D eigenvalue weighted by atomic mass is 16.4. The van der Waals surface area contributed by atoms with Crippen molar-refractivity contribution in [3.05, 3.63) is 0 Å². The van der Waals surface area contributed by atoms with E-state index in [0.717, 1.165) is 0 Å². The first-order valence-electron chi connectivity index (χ1n) is 4.47. The van der Waals surface area contributed by atoms with Gasteiger partial charge in [-0.25, -0.2) is 0 Å². The molecule has 15 heavy (non-hydrogen) atoms. The number of carbonyl (C=O) groups excluding carboxylic acids is 2. The molecule has 0 aromatic heterocycles. The quantitative estimate of drug-likeness (QED) is 0.397. The number of hydrogen-bond donors (Lipinski definition) is 4. The van der Waals surface area contributed by atoms with Crippen LogP contribution in [-0.4, -0.2) is 35.5 Å². The number of primary amides is 1. The minimum absolute atomic E-state index is 0.0391. The van der Waals surface area contributed by atoms with E-state index < -0.39 is 23.8 Å². The third-order valence-corrected chi connectivity index (χ3v) is 1.68. The second-order valence-electron chi connectivity index (χ2n) is 3.05. The Morgan fingerprint density at radius 3 is 2.33 bits per heavy atom. The van der Waals surface area contributed by atoms with E-state index in [1.54, 1.807) is 0 Å². The van der Waals surface area contributed by atoms with Crippen molar-refractivity contribution in [3.63, 3.8) is 0 Å². The lowest BCUT2D eigenvalue weighted by Crippen LogP contribution is -2.41. The first-order chi connectivity index (χ1) is 6.93. The standard InChI is InChI=1S/C8H15N3O4/c9-5(1-2-7(13)14)8(15)11-4-3-6(10)12/h5H,1-4,9H2,(H2,10,12)(H,11,15)(H,13,14). The fourth-order valence-corrected chi connectivity index (χ4v) is 0.850. The molecule has 0 spiro atoms. The SMILES string of the molecule is NC(=O)CCNC(=O)C(N)CCC(=O)O. The van der Waals surface area contributed by atoms with Gasteiger partial charge in [0.15, 0.2) is 0 Å². The highest BCUT2D eigenvalue weighted by Gasteiger charge is 2.14. The van der Waals surface area contributed by atoms with Gasteiger partial charge in [0.1, 0.15) is 0 Å². The van der Waals surface area contributed by atoms with E-state index in [9.17, 15) is 14.4 Å². The maximum absolute atomic E-state index is 11.2. The summed E-state index contributed by atoms with van der Waals surface area (Å²) in [5.41, 5.74) is 10.2. The Balaban J connectivity index is 3.69. The summed E-state index contributed by atoms with van der Waals surface area (Å²) < 4.78 is 0. The predicted octanol–water partition coefficient (Wildman–Crippen LogP) is -1.83. The first-order valence-corrected chi connectivity index (χ1v) is 4.47. The molecular weight excluding hydrogens is 202 g/mol. The van der Waals surface area contributed by atoms with Crippen LogP contribution in [0.5, 0.6) is 0 Å². The number of hydrogen-bond acceptors (Lipinski definition) is 4. The summed E-state index contributed by atoms with van der Waals surface area (Å²) in [6, 6.07) is -0.867. The van der Waals surface area contributed by atoms with Crippen molar-refractivity contribution in [2.45, 2.75) is 25.3 Å². The van der Waals surface area contributed by atoms with E-state index in [1.165, 1.54) is 0 Å². The summed E-state index contributed by atoms with van der Waals surface area (Å²) in [5, 5.41) is 10.7. The topological polar surface area (TPSA) is 136 Å². The first kappa shape index (κ1) is 13.4. The predicted molar refractivity (Wildman–Crippen MR) is 51.7 cm³/mol. The minimum atomic E-state index is -1.00.